The molecule has 6 heteroatoms. The minimum atomic E-state index is -1.03. The summed E-state index contributed by atoms with van der Waals surface area (Å²) in [5.41, 5.74) is 7.24. The fourth-order valence-corrected chi connectivity index (χ4v) is 3.64. The predicted molar refractivity (Wildman–Crippen MR) is 111 cm³/mol. The summed E-state index contributed by atoms with van der Waals surface area (Å²) in [5, 5.41) is 6.56. The summed E-state index contributed by atoms with van der Waals surface area (Å²) in [6.45, 7) is 3.95. The van der Waals surface area contributed by atoms with Crippen molar-refractivity contribution in [2.24, 2.45) is 16.8 Å². The second-order valence-corrected chi connectivity index (χ2v) is 7.75. The first-order valence-corrected chi connectivity index (χ1v) is 9.41. The Balaban J connectivity index is 2.14. The van der Waals surface area contributed by atoms with Crippen LogP contribution < -0.4 is 10.7 Å². The number of hydrogen-bond donors (Lipinski definition) is 1. The highest BCUT2D eigenvalue weighted by Crippen LogP contribution is 2.41. The third-order valence-electron chi connectivity index (χ3n) is 5.75. The SMILES string of the molecule is CC(CC1C(c2ccc(F)cc2)=NN(c2ccccc2)C1(C)C(N)=O)N(C)C. The fraction of sp³-hybridized carbons (Fsp3) is 0.364. The Kier molecular flexibility index (Phi) is 5.52. The number of amides is 1. The molecule has 3 unspecified atom stereocenters. The van der Waals surface area contributed by atoms with Crippen LogP contribution in [0, 0.1) is 11.7 Å². The number of nitrogens with two attached hydrogens (primary N) is 1. The number of anilines is 1. The standard InChI is InChI=1S/C22H27FN4O/c1-15(26(3)4)14-19-20(16-10-12-17(23)13-11-16)25-27(22(19,2)21(24)28)18-8-6-5-7-9-18/h5-13,15,19H,14H2,1-4H3,(H2,24,28). The van der Waals surface area contributed by atoms with Crippen molar-refractivity contribution < 1.29 is 9.18 Å². The van der Waals surface area contributed by atoms with E-state index in [1.165, 1.54) is 12.1 Å². The lowest BCUT2D eigenvalue weighted by molar-refractivity contribution is -0.123. The minimum absolute atomic E-state index is 0.199. The maximum absolute atomic E-state index is 13.5. The van der Waals surface area contributed by atoms with Crippen molar-refractivity contribution in [3.05, 3.63) is 66.0 Å². The molecule has 1 heterocycles. The molecule has 2 N–H and O–H groups in total. The summed E-state index contributed by atoms with van der Waals surface area (Å²) in [6, 6.07) is 16.0. The molecule has 3 rings (SSSR count). The second kappa shape index (κ2) is 7.72. The predicted octanol–water partition coefficient (Wildman–Crippen LogP) is 3.25. The van der Waals surface area contributed by atoms with Gasteiger partial charge in [0.1, 0.15) is 11.4 Å². The molecule has 0 spiro atoms. The van der Waals surface area contributed by atoms with Gasteiger partial charge in [0.25, 0.3) is 0 Å². The van der Waals surface area contributed by atoms with Crippen LogP contribution in [0.1, 0.15) is 25.8 Å². The van der Waals surface area contributed by atoms with Gasteiger partial charge in [-0.15, -0.1) is 0 Å². The van der Waals surface area contributed by atoms with Crippen molar-refractivity contribution in [2.45, 2.75) is 31.8 Å². The van der Waals surface area contributed by atoms with Gasteiger partial charge in [0.2, 0.25) is 5.91 Å². The third kappa shape index (κ3) is 3.52. The van der Waals surface area contributed by atoms with Gasteiger partial charge in [-0.2, -0.15) is 5.10 Å². The number of rotatable bonds is 6. The lowest BCUT2D eigenvalue weighted by Crippen LogP contribution is -2.57. The molecular weight excluding hydrogens is 355 g/mol. The van der Waals surface area contributed by atoms with E-state index in [-0.39, 0.29) is 17.8 Å². The average Bonchev–Trinajstić information content (AvgIpc) is 2.97. The van der Waals surface area contributed by atoms with Crippen LogP contribution in [0.2, 0.25) is 0 Å². The van der Waals surface area contributed by atoms with Crippen LogP contribution in [0.5, 0.6) is 0 Å². The first kappa shape index (κ1) is 20.0. The molecular formula is C22H27FN4O. The number of carbonyl (C=O) groups is 1. The number of halogens is 1. The first-order chi connectivity index (χ1) is 13.2. The molecule has 28 heavy (non-hydrogen) atoms. The summed E-state index contributed by atoms with van der Waals surface area (Å²) in [5.74, 6) is -0.987. The van der Waals surface area contributed by atoms with E-state index in [0.29, 0.717) is 6.42 Å². The Labute approximate surface area is 165 Å². The fourth-order valence-electron chi connectivity index (χ4n) is 3.64. The molecule has 0 radical (unpaired) electrons. The molecule has 3 atom stereocenters. The molecule has 0 aromatic heterocycles. The van der Waals surface area contributed by atoms with Crippen molar-refractivity contribution >= 4 is 17.3 Å². The van der Waals surface area contributed by atoms with Crippen LogP contribution >= 0.6 is 0 Å². The molecule has 0 aliphatic carbocycles. The van der Waals surface area contributed by atoms with E-state index in [2.05, 4.69) is 11.8 Å². The summed E-state index contributed by atoms with van der Waals surface area (Å²) in [7, 11) is 4.01. The Hall–Kier alpha value is -2.73. The maximum atomic E-state index is 13.5. The van der Waals surface area contributed by atoms with Crippen LogP contribution in [0.25, 0.3) is 0 Å². The maximum Gasteiger partial charge on any atom is 0.245 e. The van der Waals surface area contributed by atoms with Gasteiger partial charge in [-0.1, -0.05) is 30.3 Å². The quantitative estimate of drug-likeness (QED) is 0.834. The first-order valence-electron chi connectivity index (χ1n) is 9.41. The Bertz CT molecular complexity index is 866. The van der Waals surface area contributed by atoms with Crippen molar-refractivity contribution in [3.63, 3.8) is 0 Å². The van der Waals surface area contributed by atoms with Gasteiger partial charge < -0.3 is 10.6 Å². The number of nitrogens with zero attached hydrogens (tertiary/aromatic N) is 3. The van der Waals surface area contributed by atoms with Crippen LogP contribution in [-0.4, -0.2) is 42.2 Å². The molecule has 1 aliphatic heterocycles. The molecule has 1 aliphatic rings. The zero-order chi connectivity index (χ0) is 20.5. The lowest BCUT2D eigenvalue weighted by Gasteiger charge is -2.38. The molecule has 2 aromatic rings. The van der Waals surface area contributed by atoms with Gasteiger partial charge in [0, 0.05) is 12.0 Å². The highest BCUT2D eigenvalue weighted by atomic mass is 19.1. The van der Waals surface area contributed by atoms with E-state index in [1.807, 2.05) is 51.4 Å². The number of primary amides is 1. The number of carbonyl (C=O) groups excluding carboxylic acids is 1. The van der Waals surface area contributed by atoms with E-state index < -0.39 is 11.4 Å². The molecule has 1 amide bonds. The van der Waals surface area contributed by atoms with E-state index in [4.69, 9.17) is 10.8 Å². The molecule has 0 bridgehead atoms. The normalized spacial score (nSPS) is 23.0. The molecule has 5 nitrogen and oxygen atoms in total. The van der Waals surface area contributed by atoms with Crippen LogP contribution in [0.4, 0.5) is 10.1 Å². The molecule has 0 fully saturated rings. The zero-order valence-electron chi connectivity index (χ0n) is 16.8. The molecule has 0 saturated carbocycles. The Morgan fingerprint density at radius 1 is 1.21 bits per heavy atom. The Morgan fingerprint density at radius 2 is 1.82 bits per heavy atom. The zero-order valence-corrected chi connectivity index (χ0v) is 16.8. The lowest BCUT2D eigenvalue weighted by atomic mass is 9.76. The summed E-state index contributed by atoms with van der Waals surface area (Å²) in [6.07, 6.45) is 0.686. The van der Waals surface area contributed by atoms with Gasteiger partial charge >= 0.3 is 0 Å². The highest BCUT2D eigenvalue weighted by molar-refractivity contribution is 6.10. The minimum Gasteiger partial charge on any atom is -0.368 e. The number of benzene rings is 2. The van der Waals surface area contributed by atoms with E-state index in [9.17, 15) is 9.18 Å². The molecule has 2 aromatic carbocycles. The van der Waals surface area contributed by atoms with Crippen molar-refractivity contribution in [2.75, 3.05) is 19.1 Å². The van der Waals surface area contributed by atoms with Crippen LogP contribution in [-0.2, 0) is 4.79 Å². The third-order valence-corrected chi connectivity index (χ3v) is 5.75. The van der Waals surface area contributed by atoms with E-state index in [0.717, 1.165) is 17.0 Å². The number of para-hydroxylation sites is 1. The van der Waals surface area contributed by atoms with Crippen molar-refractivity contribution in [3.8, 4) is 0 Å². The topological polar surface area (TPSA) is 61.9 Å². The highest BCUT2D eigenvalue weighted by Gasteiger charge is 2.53. The van der Waals surface area contributed by atoms with Gasteiger partial charge in [-0.3, -0.25) is 4.79 Å². The monoisotopic (exact) mass is 382 g/mol. The second-order valence-electron chi connectivity index (χ2n) is 7.75. The van der Waals surface area contributed by atoms with Gasteiger partial charge in [0.15, 0.2) is 0 Å². The summed E-state index contributed by atoms with van der Waals surface area (Å²) < 4.78 is 13.5. The van der Waals surface area contributed by atoms with E-state index in [1.54, 1.807) is 17.1 Å². The van der Waals surface area contributed by atoms with E-state index >= 15 is 0 Å². The number of hydrogen-bond acceptors (Lipinski definition) is 4. The smallest absolute Gasteiger partial charge is 0.245 e. The van der Waals surface area contributed by atoms with Gasteiger partial charge in [-0.25, -0.2) is 9.40 Å². The van der Waals surface area contributed by atoms with Crippen LogP contribution in [0.3, 0.4) is 0 Å². The summed E-state index contributed by atoms with van der Waals surface area (Å²) >= 11 is 0. The largest absolute Gasteiger partial charge is 0.368 e. The Morgan fingerprint density at radius 3 is 2.36 bits per heavy atom. The van der Waals surface area contributed by atoms with Crippen LogP contribution in [0.15, 0.2) is 59.7 Å². The van der Waals surface area contributed by atoms with Gasteiger partial charge in [-0.05, 0) is 64.2 Å². The molecule has 0 saturated heterocycles. The number of hydrazone groups is 1. The average molecular weight is 382 g/mol. The van der Waals surface area contributed by atoms with Gasteiger partial charge in [0.05, 0.1) is 11.4 Å². The summed E-state index contributed by atoms with van der Waals surface area (Å²) in [4.78, 5) is 14.8. The molecule has 148 valence electrons. The van der Waals surface area contributed by atoms with Crippen molar-refractivity contribution in [1.29, 1.82) is 0 Å². The van der Waals surface area contributed by atoms with Crippen molar-refractivity contribution in [1.82, 2.24) is 4.90 Å².